The van der Waals surface area contributed by atoms with E-state index in [0.29, 0.717) is 44.0 Å². The Hall–Kier alpha value is -3.30. The summed E-state index contributed by atoms with van der Waals surface area (Å²) in [6.45, 7) is 1.34. The van der Waals surface area contributed by atoms with Crippen LogP contribution in [0.3, 0.4) is 0 Å². The van der Waals surface area contributed by atoms with Crippen molar-refractivity contribution in [2.24, 2.45) is 5.73 Å². The molecule has 1 saturated carbocycles. The van der Waals surface area contributed by atoms with Gasteiger partial charge in [0, 0.05) is 41.7 Å². The fraction of sp³-hybridized carbons (Fsp3) is 0.391. The number of nitrogens with zero attached hydrogens (tertiary/aromatic N) is 4. The van der Waals surface area contributed by atoms with E-state index in [1.165, 1.54) is 0 Å². The molecule has 2 aliphatic rings. The van der Waals surface area contributed by atoms with Crippen molar-refractivity contribution in [2.45, 2.75) is 37.8 Å². The van der Waals surface area contributed by atoms with Crippen LogP contribution in [0.4, 0.5) is 0 Å². The summed E-state index contributed by atoms with van der Waals surface area (Å²) in [4.78, 5) is 20.9. The molecule has 3 aromatic heterocycles. The summed E-state index contributed by atoms with van der Waals surface area (Å²) in [6, 6.07) is 3.84. The van der Waals surface area contributed by atoms with Gasteiger partial charge < -0.3 is 20.3 Å². The Balaban J connectivity index is 1.52. The van der Waals surface area contributed by atoms with E-state index in [1.54, 1.807) is 24.2 Å². The molecule has 0 aromatic carbocycles. The van der Waals surface area contributed by atoms with E-state index >= 15 is 0 Å². The number of nitrogens with two attached hydrogens (primary N) is 1. The van der Waals surface area contributed by atoms with Crippen LogP contribution in [-0.4, -0.2) is 56.7 Å². The Morgan fingerprint density at radius 1 is 1.22 bits per heavy atom. The van der Waals surface area contributed by atoms with Gasteiger partial charge in [-0.25, -0.2) is 4.79 Å². The fourth-order valence-corrected chi connectivity index (χ4v) is 4.12. The Labute approximate surface area is 185 Å². The van der Waals surface area contributed by atoms with Crippen LogP contribution in [0.5, 0.6) is 5.75 Å². The number of carboxylic acids is 1. The van der Waals surface area contributed by atoms with Gasteiger partial charge in [0.25, 0.3) is 0 Å². The maximum atomic E-state index is 12.1. The van der Waals surface area contributed by atoms with Crippen molar-refractivity contribution in [1.29, 1.82) is 0 Å². The lowest BCUT2D eigenvalue weighted by Crippen LogP contribution is -2.30. The third-order valence-electron chi connectivity index (χ3n) is 6.06. The lowest BCUT2D eigenvalue weighted by molar-refractivity contribution is 0.0681. The number of ether oxygens (including phenoxy) is 2. The number of aromatic carboxylic acids is 1. The summed E-state index contributed by atoms with van der Waals surface area (Å²) < 4.78 is 12.3. The van der Waals surface area contributed by atoms with Crippen molar-refractivity contribution in [2.75, 3.05) is 20.3 Å². The number of aryl methyl sites for hydroxylation is 1. The van der Waals surface area contributed by atoms with Gasteiger partial charge in [-0.1, -0.05) is 0 Å². The lowest BCUT2D eigenvalue weighted by Gasteiger charge is -2.16. The molecule has 9 heteroatoms. The predicted octanol–water partition coefficient (Wildman–Crippen LogP) is 2.32. The maximum absolute atomic E-state index is 12.1. The topological polar surface area (TPSA) is 125 Å². The van der Waals surface area contributed by atoms with Crippen LogP contribution in [0.1, 0.15) is 34.5 Å². The summed E-state index contributed by atoms with van der Waals surface area (Å²) in [7, 11) is 1.62. The first-order chi connectivity index (χ1) is 15.5. The molecule has 32 heavy (non-hydrogen) atoms. The molecule has 0 spiro atoms. The highest BCUT2D eigenvalue weighted by atomic mass is 16.5. The van der Waals surface area contributed by atoms with Gasteiger partial charge in [0.1, 0.15) is 18.1 Å². The van der Waals surface area contributed by atoms with E-state index in [0.717, 1.165) is 40.8 Å². The molecule has 0 amide bonds. The summed E-state index contributed by atoms with van der Waals surface area (Å²) >= 11 is 0. The molecule has 3 aromatic rings. The minimum atomic E-state index is -0.967. The molecule has 0 atom stereocenters. The van der Waals surface area contributed by atoms with Gasteiger partial charge in [-0.05, 0) is 43.4 Å². The fourth-order valence-electron chi connectivity index (χ4n) is 4.12. The zero-order valence-electron chi connectivity index (χ0n) is 17.9. The van der Waals surface area contributed by atoms with Crippen LogP contribution in [0, 0.1) is 0 Å². The van der Waals surface area contributed by atoms with Crippen LogP contribution in [-0.2, 0) is 24.1 Å². The molecule has 0 unspecified atom stereocenters. The molecule has 3 heterocycles. The van der Waals surface area contributed by atoms with Crippen molar-refractivity contribution in [3.05, 3.63) is 47.5 Å². The molecule has 0 saturated heterocycles. The Morgan fingerprint density at radius 2 is 2.06 bits per heavy atom. The van der Waals surface area contributed by atoms with Crippen molar-refractivity contribution in [3.63, 3.8) is 0 Å². The first-order valence-corrected chi connectivity index (χ1v) is 10.7. The number of carbonyl (C=O) groups is 1. The van der Waals surface area contributed by atoms with Crippen LogP contribution in [0.25, 0.3) is 22.5 Å². The monoisotopic (exact) mass is 435 g/mol. The summed E-state index contributed by atoms with van der Waals surface area (Å²) in [5.74, 6) is -0.333. The van der Waals surface area contributed by atoms with Gasteiger partial charge in [-0.15, -0.1) is 0 Å². The van der Waals surface area contributed by atoms with Crippen LogP contribution in [0.15, 0.2) is 30.7 Å². The second kappa shape index (κ2) is 7.99. The van der Waals surface area contributed by atoms with E-state index < -0.39 is 5.97 Å². The third-order valence-corrected chi connectivity index (χ3v) is 6.06. The van der Waals surface area contributed by atoms with Crippen molar-refractivity contribution in [1.82, 2.24) is 19.7 Å². The second-order valence-corrected chi connectivity index (χ2v) is 8.48. The predicted molar refractivity (Wildman–Crippen MR) is 117 cm³/mol. The summed E-state index contributed by atoms with van der Waals surface area (Å²) in [5, 5.41) is 14.6. The molecule has 9 nitrogen and oxygen atoms in total. The number of rotatable bonds is 8. The number of carboxylic acid groups (broad SMARTS) is 1. The van der Waals surface area contributed by atoms with E-state index in [9.17, 15) is 9.90 Å². The molecule has 1 fully saturated rings. The smallest absolute Gasteiger partial charge is 0.354 e. The highest BCUT2D eigenvalue weighted by Gasteiger charge is 2.41. The zero-order valence-corrected chi connectivity index (χ0v) is 17.9. The molecule has 5 rings (SSSR count). The highest BCUT2D eigenvalue weighted by Crippen LogP contribution is 2.39. The number of methoxy groups -OCH3 is 1. The largest absolute Gasteiger partial charge is 0.490 e. The van der Waals surface area contributed by atoms with E-state index in [2.05, 4.69) is 9.97 Å². The van der Waals surface area contributed by atoms with Gasteiger partial charge in [0.05, 0.1) is 30.7 Å². The summed E-state index contributed by atoms with van der Waals surface area (Å²) in [5.41, 5.74) is 11.1. The van der Waals surface area contributed by atoms with Gasteiger partial charge >= 0.3 is 5.97 Å². The second-order valence-electron chi connectivity index (χ2n) is 8.48. The standard InChI is InChI=1S/C23H25N5O4/c1-31-6-7-32-16-8-15(10-25-12-16)19-9-18-14(11-26-19)2-3-17-20(18)27-28(21(17)22(29)30)13-23(24)4-5-23/h8-12H,2-7,13,24H2,1H3,(H,29,30). The third kappa shape index (κ3) is 3.85. The average Bonchev–Trinajstić information content (AvgIpc) is 3.39. The minimum Gasteiger partial charge on any atom is -0.490 e. The molecule has 0 radical (unpaired) electrons. The lowest BCUT2D eigenvalue weighted by atomic mass is 9.89. The Morgan fingerprint density at radius 3 is 2.81 bits per heavy atom. The van der Waals surface area contributed by atoms with Gasteiger partial charge in [-0.3, -0.25) is 14.6 Å². The summed E-state index contributed by atoms with van der Waals surface area (Å²) in [6.07, 6.45) is 8.33. The first kappa shape index (κ1) is 20.6. The molecule has 3 N–H and O–H groups in total. The first-order valence-electron chi connectivity index (χ1n) is 10.7. The van der Waals surface area contributed by atoms with Crippen LogP contribution in [0.2, 0.25) is 0 Å². The Kier molecular flexibility index (Phi) is 5.15. The van der Waals surface area contributed by atoms with Crippen LogP contribution < -0.4 is 10.5 Å². The van der Waals surface area contributed by atoms with E-state index in [1.807, 2.05) is 18.3 Å². The quantitative estimate of drug-likeness (QED) is 0.517. The van der Waals surface area contributed by atoms with Crippen LogP contribution >= 0.6 is 0 Å². The number of aromatic nitrogens is 4. The molecule has 0 bridgehead atoms. The van der Waals surface area contributed by atoms with Gasteiger partial charge in [0.15, 0.2) is 0 Å². The van der Waals surface area contributed by atoms with Gasteiger partial charge in [-0.2, -0.15) is 5.10 Å². The number of hydrogen-bond acceptors (Lipinski definition) is 7. The Bertz CT molecular complexity index is 1190. The van der Waals surface area contributed by atoms with E-state index in [-0.39, 0.29) is 11.2 Å². The molecule has 166 valence electrons. The molecule has 0 aliphatic heterocycles. The molecule has 2 aliphatic carbocycles. The molecular weight excluding hydrogens is 410 g/mol. The molecular formula is C23H25N5O4. The SMILES string of the molecule is COCCOc1cncc(-c2cc3c(cn2)CCc2c-3nn(CC3(N)CC3)c2C(=O)O)c1. The van der Waals surface area contributed by atoms with Crippen molar-refractivity contribution in [3.8, 4) is 28.3 Å². The van der Waals surface area contributed by atoms with Crippen molar-refractivity contribution < 1.29 is 19.4 Å². The van der Waals surface area contributed by atoms with Gasteiger partial charge in [0.2, 0.25) is 0 Å². The maximum Gasteiger partial charge on any atom is 0.354 e. The number of pyridine rings is 2. The van der Waals surface area contributed by atoms with Crippen molar-refractivity contribution >= 4 is 5.97 Å². The number of fused-ring (bicyclic) bond motifs is 3. The highest BCUT2D eigenvalue weighted by molar-refractivity contribution is 5.91. The number of hydrogen-bond donors (Lipinski definition) is 2. The zero-order chi connectivity index (χ0) is 22.3. The minimum absolute atomic E-state index is 0.246. The average molecular weight is 435 g/mol. The normalized spacial score (nSPS) is 15.7. The van der Waals surface area contributed by atoms with E-state index in [4.69, 9.17) is 20.3 Å².